The molecule has 0 aliphatic heterocycles. The summed E-state index contributed by atoms with van der Waals surface area (Å²) in [7, 11) is 1.12. The molecule has 1 aromatic rings. The Morgan fingerprint density at radius 3 is 2.15 bits per heavy atom. The summed E-state index contributed by atoms with van der Waals surface area (Å²) in [5.74, 6) is -0.0352. The Morgan fingerprint density at radius 1 is 1.15 bits per heavy atom. The highest BCUT2D eigenvalue weighted by Crippen LogP contribution is 2.12. The molecule has 0 bridgehead atoms. The molecule has 0 spiro atoms. The molecule has 0 atom stereocenters. The number of nitrogens with one attached hydrogen (secondary N) is 2. The van der Waals surface area contributed by atoms with Gasteiger partial charge in [-0.1, -0.05) is 0 Å². The molecule has 0 aromatic heterocycles. The normalized spacial score (nSPS) is 10.0. The van der Waals surface area contributed by atoms with E-state index in [0.717, 1.165) is 11.4 Å². The van der Waals surface area contributed by atoms with Crippen LogP contribution < -0.4 is 10.6 Å². The van der Waals surface area contributed by atoms with E-state index >= 15 is 0 Å². The van der Waals surface area contributed by atoms with Gasteiger partial charge in [-0.25, -0.2) is 8.42 Å². The third-order valence-corrected chi connectivity index (χ3v) is 1.92. The Bertz CT molecular complexity index is 325. The van der Waals surface area contributed by atoms with Gasteiger partial charge in [0.05, 0.1) is 0 Å². The van der Waals surface area contributed by atoms with Gasteiger partial charge in [-0.05, 0) is 24.3 Å². The fraction of sp³-hybridized carbons (Fsp3) is 0.125. The van der Waals surface area contributed by atoms with E-state index < -0.39 is 10.7 Å². The van der Waals surface area contributed by atoms with Crippen molar-refractivity contribution in [1.29, 1.82) is 0 Å². The lowest BCUT2D eigenvalue weighted by Gasteiger charge is -2.03. The van der Waals surface area contributed by atoms with Crippen molar-refractivity contribution in [2.75, 3.05) is 16.5 Å². The van der Waals surface area contributed by atoms with Crippen LogP contribution in [0.15, 0.2) is 24.3 Å². The third kappa shape index (κ3) is 3.33. The average molecular weight is 199 g/mol. The number of benzene rings is 1. The van der Waals surface area contributed by atoms with Crippen molar-refractivity contribution >= 4 is 22.1 Å². The zero-order valence-corrected chi connectivity index (χ0v) is 7.88. The summed E-state index contributed by atoms with van der Waals surface area (Å²) in [6, 6.07) is 7.19. The maximum atomic E-state index is 10.2. The van der Waals surface area contributed by atoms with Crippen LogP contribution in [0.3, 0.4) is 0 Å². The van der Waals surface area contributed by atoms with Crippen LogP contribution in [-0.2, 0) is 10.7 Å². The smallest absolute Gasteiger partial charge is 0.158 e. The number of rotatable bonds is 4. The molecule has 0 heterocycles. The predicted molar refractivity (Wildman–Crippen MR) is 54.2 cm³/mol. The maximum absolute atomic E-state index is 10.2. The Kier molecular flexibility index (Phi) is 3.57. The molecule has 2 N–H and O–H groups in total. The largest absolute Gasteiger partial charge is 0.383 e. The van der Waals surface area contributed by atoms with Crippen molar-refractivity contribution in [1.82, 2.24) is 0 Å². The molecule has 0 amide bonds. The quantitative estimate of drug-likeness (QED) is 0.630. The van der Waals surface area contributed by atoms with Crippen molar-refractivity contribution < 1.29 is 8.42 Å². The molecule has 1 radical (unpaired) electrons. The summed E-state index contributed by atoms with van der Waals surface area (Å²) in [6.45, 7) is 0. The highest BCUT2D eigenvalue weighted by atomic mass is 32.2. The van der Waals surface area contributed by atoms with Crippen LogP contribution in [0.5, 0.6) is 0 Å². The second kappa shape index (κ2) is 4.71. The molecule has 0 unspecified atom stereocenters. The molecule has 0 fully saturated rings. The summed E-state index contributed by atoms with van der Waals surface area (Å²) in [6.07, 6.45) is 0. The zero-order chi connectivity index (χ0) is 9.68. The Balaban J connectivity index is 2.59. The van der Waals surface area contributed by atoms with Crippen molar-refractivity contribution in [3.05, 3.63) is 31.3 Å². The van der Waals surface area contributed by atoms with E-state index in [0.29, 0.717) is 0 Å². The molecular weight excluding hydrogens is 188 g/mol. The van der Waals surface area contributed by atoms with Gasteiger partial charge in [0.15, 0.2) is 10.7 Å². The summed E-state index contributed by atoms with van der Waals surface area (Å²) in [5, 5.41) is 5.47. The van der Waals surface area contributed by atoms with Crippen LogP contribution in [0.4, 0.5) is 11.4 Å². The fourth-order valence-electron chi connectivity index (χ4n) is 0.862. The van der Waals surface area contributed by atoms with Gasteiger partial charge >= 0.3 is 0 Å². The van der Waals surface area contributed by atoms with Crippen molar-refractivity contribution in [3.8, 4) is 0 Å². The first-order chi connectivity index (χ1) is 6.22. The molecule has 0 aliphatic rings. The second-order valence-electron chi connectivity index (χ2n) is 2.42. The number of hydrogen-bond donors (Lipinski definition) is 3. The van der Waals surface area contributed by atoms with E-state index in [4.69, 9.17) is 0 Å². The summed E-state index contributed by atoms with van der Waals surface area (Å²) < 4.78 is 20.5. The highest BCUT2D eigenvalue weighted by Gasteiger charge is 1.91. The lowest BCUT2D eigenvalue weighted by atomic mass is 10.3. The lowest BCUT2D eigenvalue weighted by molar-refractivity contribution is 0.616. The van der Waals surface area contributed by atoms with E-state index in [1.807, 2.05) is 12.1 Å². The van der Waals surface area contributed by atoms with Crippen LogP contribution in [0, 0.1) is 7.05 Å². The van der Waals surface area contributed by atoms with E-state index in [1.165, 1.54) is 0 Å². The first-order valence-corrected chi connectivity index (χ1v) is 5.07. The minimum atomic E-state index is -2.37. The molecule has 1 rings (SSSR count). The van der Waals surface area contributed by atoms with Gasteiger partial charge in [0.25, 0.3) is 0 Å². The topological polar surface area (TPSA) is 58.2 Å². The van der Waals surface area contributed by atoms with E-state index in [-0.39, 0.29) is 5.88 Å². The minimum absolute atomic E-state index is 0.0352. The van der Waals surface area contributed by atoms with Crippen LogP contribution in [0.1, 0.15) is 0 Å². The number of hydrogen-bond acceptors (Lipinski definition) is 4. The number of thiol groups is 1. The predicted octanol–water partition coefficient (Wildman–Crippen LogP) is 0.871. The second-order valence-corrected chi connectivity index (χ2v) is 3.40. The molecule has 0 saturated heterocycles. The lowest BCUT2D eigenvalue weighted by Crippen LogP contribution is -2.02. The van der Waals surface area contributed by atoms with E-state index in [1.54, 1.807) is 12.1 Å². The highest BCUT2D eigenvalue weighted by molar-refractivity contribution is 7.72. The molecule has 0 aliphatic carbocycles. The molecular formula is C8H11N2O2S. The van der Waals surface area contributed by atoms with E-state index in [9.17, 15) is 8.42 Å². The maximum Gasteiger partial charge on any atom is 0.158 e. The molecule has 0 saturated carbocycles. The van der Waals surface area contributed by atoms with Crippen molar-refractivity contribution in [3.63, 3.8) is 0 Å². The van der Waals surface area contributed by atoms with Gasteiger partial charge in [0.1, 0.15) is 5.88 Å². The molecule has 4 nitrogen and oxygen atoms in total. The van der Waals surface area contributed by atoms with Crippen LogP contribution in [-0.4, -0.2) is 14.3 Å². The Morgan fingerprint density at radius 2 is 1.69 bits per heavy atom. The average Bonchev–Trinajstić information content (AvgIpc) is 2.15. The molecule has 71 valence electrons. The standard InChI is InChI=1S/C8H11N2O2S/c1-9-7-2-4-8(5-3-7)10-6-13(11)12/h2-5,9-10,13H,1,6H2. The van der Waals surface area contributed by atoms with Gasteiger partial charge < -0.3 is 10.6 Å². The zero-order valence-electron chi connectivity index (χ0n) is 6.99. The Labute approximate surface area is 78.9 Å². The van der Waals surface area contributed by atoms with Crippen molar-refractivity contribution in [2.24, 2.45) is 0 Å². The molecule has 5 heteroatoms. The van der Waals surface area contributed by atoms with Gasteiger partial charge in [0, 0.05) is 18.4 Å². The SMILES string of the molecule is [CH2]Nc1ccc(NC[SH](=O)=O)cc1. The number of anilines is 2. The first-order valence-electron chi connectivity index (χ1n) is 3.71. The van der Waals surface area contributed by atoms with Crippen molar-refractivity contribution in [2.45, 2.75) is 0 Å². The summed E-state index contributed by atoms with van der Waals surface area (Å²) in [4.78, 5) is 0. The summed E-state index contributed by atoms with van der Waals surface area (Å²) in [5.41, 5.74) is 1.66. The van der Waals surface area contributed by atoms with Gasteiger partial charge in [0.2, 0.25) is 0 Å². The molecule has 13 heavy (non-hydrogen) atoms. The van der Waals surface area contributed by atoms with Crippen LogP contribution >= 0.6 is 0 Å². The fourth-order valence-corrected chi connectivity index (χ4v) is 1.17. The van der Waals surface area contributed by atoms with E-state index in [2.05, 4.69) is 17.7 Å². The Hall–Kier alpha value is -1.23. The third-order valence-electron chi connectivity index (χ3n) is 1.50. The van der Waals surface area contributed by atoms with Gasteiger partial charge in [-0.3, -0.25) is 0 Å². The summed E-state index contributed by atoms with van der Waals surface area (Å²) >= 11 is 0. The minimum Gasteiger partial charge on any atom is -0.383 e. The van der Waals surface area contributed by atoms with Crippen LogP contribution in [0.25, 0.3) is 0 Å². The van der Waals surface area contributed by atoms with Gasteiger partial charge in [-0.15, -0.1) is 0 Å². The van der Waals surface area contributed by atoms with Gasteiger partial charge in [-0.2, -0.15) is 0 Å². The molecule has 1 aromatic carbocycles. The first kappa shape index (κ1) is 9.85. The monoisotopic (exact) mass is 199 g/mol. The van der Waals surface area contributed by atoms with Crippen LogP contribution in [0.2, 0.25) is 0 Å².